The summed E-state index contributed by atoms with van der Waals surface area (Å²) in [6.07, 6.45) is -2.00. The second-order valence-electron chi connectivity index (χ2n) is 11.0. The Kier molecular flexibility index (Phi) is 8.62. The summed E-state index contributed by atoms with van der Waals surface area (Å²) in [6.45, 7) is 7.79. The van der Waals surface area contributed by atoms with Crippen LogP contribution in [0.3, 0.4) is 0 Å². The number of aromatic nitrogens is 1. The lowest BCUT2D eigenvalue weighted by Crippen LogP contribution is -2.44. The fraction of sp³-hybridized carbons (Fsp3) is 0.538. The Morgan fingerprint density at radius 1 is 1.23 bits per heavy atom. The molecule has 9 nitrogen and oxygen atoms in total. The van der Waals surface area contributed by atoms with Gasteiger partial charge in [0.25, 0.3) is 5.91 Å². The van der Waals surface area contributed by atoms with Crippen molar-refractivity contribution in [2.75, 3.05) is 31.1 Å². The van der Waals surface area contributed by atoms with E-state index >= 15 is 0 Å². The van der Waals surface area contributed by atoms with E-state index in [4.69, 9.17) is 0 Å². The van der Waals surface area contributed by atoms with Crippen LogP contribution in [-0.4, -0.2) is 61.7 Å². The molecule has 0 radical (unpaired) electrons. The largest absolute Gasteiger partial charge is 0.573 e. The van der Waals surface area contributed by atoms with Crippen molar-refractivity contribution in [3.63, 3.8) is 0 Å². The van der Waals surface area contributed by atoms with E-state index in [1.54, 1.807) is 18.3 Å². The maximum Gasteiger partial charge on any atom is 0.573 e. The van der Waals surface area contributed by atoms with Gasteiger partial charge >= 0.3 is 16.6 Å². The molecule has 2 atom stereocenters. The van der Waals surface area contributed by atoms with Gasteiger partial charge in [-0.25, -0.2) is 14.1 Å². The van der Waals surface area contributed by atoms with Gasteiger partial charge in [-0.15, -0.1) is 13.2 Å². The molecule has 1 amide bonds. The van der Waals surface area contributed by atoms with Crippen LogP contribution in [0.15, 0.2) is 36.5 Å². The van der Waals surface area contributed by atoms with E-state index < -0.39 is 34.0 Å². The van der Waals surface area contributed by atoms with Crippen LogP contribution in [0.5, 0.6) is 5.75 Å². The molecule has 2 aromatic rings. The molecule has 1 aromatic heterocycles. The summed E-state index contributed by atoms with van der Waals surface area (Å²) >= 11 is 0. The topological polar surface area (TPSA) is 104 Å². The molecule has 220 valence electrons. The highest BCUT2D eigenvalue weighted by molar-refractivity contribution is 7.87. The lowest BCUT2D eigenvalue weighted by atomic mass is 9.97. The summed E-state index contributed by atoms with van der Waals surface area (Å²) in [7, 11) is -4.13. The molecule has 2 aliphatic heterocycles. The Morgan fingerprint density at radius 2 is 1.98 bits per heavy atom. The van der Waals surface area contributed by atoms with Crippen LogP contribution in [0.1, 0.15) is 49.5 Å². The number of benzene rings is 1. The quantitative estimate of drug-likeness (QED) is 0.430. The zero-order valence-electron chi connectivity index (χ0n) is 22.5. The number of halogens is 4. The van der Waals surface area contributed by atoms with Crippen LogP contribution < -0.4 is 19.7 Å². The zero-order valence-corrected chi connectivity index (χ0v) is 23.3. The minimum absolute atomic E-state index is 0.0983. The first kappa shape index (κ1) is 30.0. The fourth-order valence-corrected chi connectivity index (χ4v) is 6.67. The molecule has 2 saturated heterocycles. The van der Waals surface area contributed by atoms with E-state index in [1.807, 2.05) is 4.90 Å². The first-order valence-electron chi connectivity index (χ1n) is 12.9. The third-order valence-corrected chi connectivity index (χ3v) is 8.61. The van der Waals surface area contributed by atoms with Gasteiger partial charge in [-0.1, -0.05) is 13.0 Å². The standard InChI is InChI=1S/C26H33F4N5O4S/c1-17-12-25(2,3)35(15-17)23-20(5-4-9-32-23)24(36)33-40(37,38)34-10-8-19(16-34)14-31-13-18-6-7-21(27)22(11-18)39-26(28,29)30/h4-7,9,11,17,19,31H,8,10,12-16H2,1-3H3,(H,33,36)/t17-,19?/m0/s1. The van der Waals surface area contributed by atoms with Crippen LogP contribution >= 0.6 is 0 Å². The molecule has 3 heterocycles. The number of pyridine rings is 1. The number of alkyl halides is 3. The predicted octanol–water partition coefficient (Wildman–Crippen LogP) is 3.83. The Morgan fingerprint density at radius 3 is 2.65 bits per heavy atom. The van der Waals surface area contributed by atoms with Gasteiger partial charge in [0.1, 0.15) is 5.82 Å². The number of anilines is 1. The molecule has 0 spiro atoms. The summed E-state index contributed by atoms with van der Waals surface area (Å²) in [5.41, 5.74) is 0.314. The van der Waals surface area contributed by atoms with Crippen LogP contribution in [-0.2, 0) is 16.8 Å². The number of carbonyl (C=O) groups excluding carboxylic acids is 1. The molecular formula is C26H33F4N5O4S. The van der Waals surface area contributed by atoms with Crippen molar-refractivity contribution in [3.8, 4) is 5.75 Å². The van der Waals surface area contributed by atoms with Crippen molar-refractivity contribution in [3.05, 3.63) is 53.5 Å². The molecule has 14 heteroatoms. The van der Waals surface area contributed by atoms with Gasteiger partial charge in [0, 0.05) is 37.9 Å². The van der Waals surface area contributed by atoms with Gasteiger partial charge < -0.3 is 15.0 Å². The van der Waals surface area contributed by atoms with Crippen molar-refractivity contribution < 1.29 is 35.5 Å². The summed E-state index contributed by atoms with van der Waals surface area (Å²) in [4.78, 5) is 19.6. The Balaban J connectivity index is 1.33. The number of rotatable bonds is 9. The predicted molar refractivity (Wildman–Crippen MR) is 140 cm³/mol. The molecule has 0 aliphatic carbocycles. The van der Waals surface area contributed by atoms with Gasteiger partial charge in [0.2, 0.25) is 0 Å². The average molecular weight is 588 g/mol. The molecule has 2 fully saturated rings. The fourth-order valence-electron chi connectivity index (χ4n) is 5.45. The minimum Gasteiger partial charge on any atom is -0.403 e. The van der Waals surface area contributed by atoms with Crippen molar-refractivity contribution in [2.24, 2.45) is 11.8 Å². The highest BCUT2D eigenvalue weighted by Crippen LogP contribution is 2.37. The summed E-state index contributed by atoms with van der Waals surface area (Å²) in [5, 5.41) is 3.06. The second-order valence-corrected chi connectivity index (χ2v) is 12.7. The van der Waals surface area contributed by atoms with Gasteiger partial charge in [-0.05, 0) is 74.9 Å². The highest BCUT2D eigenvalue weighted by atomic mass is 32.2. The van der Waals surface area contributed by atoms with E-state index in [1.165, 1.54) is 10.4 Å². The van der Waals surface area contributed by atoms with Crippen LogP contribution in [0, 0.1) is 17.7 Å². The average Bonchev–Trinajstić information content (AvgIpc) is 3.43. The number of hydrogen-bond donors (Lipinski definition) is 2. The van der Waals surface area contributed by atoms with Crippen LogP contribution in [0.25, 0.3) is 0 Å². The molecule has 0 bridgehead atoms. The van der Waals surface area contributed by atoms with Crippen LogP contribution in [0.4, 0.5) is 23.4 Å². The zero-order chi connectivity index (χ0) is 29.3. The Bertz CT molecular complexity index is 1340. The maximum absolute atomic E-state index is 13.6. The molecule has 1 aromatic carbocycles. The first-order chi connectivity index (χ1) is 18.6. The van der Waals surface area contributed by atoms with Gasteiger partial charge in [-0.2, -0.15) is 12.7 Å². The minimum atomic E-state index is -5.01. The monoisotopic (exact) mass is 587 g/mol. The van der Waals surface area contributed by atoms with E-state index in [0.29, 0.717) is 36.8 Å². The summed E-state index contributed by atoms with van der Waals surface area (Å²) < 4.78 is 84.2. The van der Waals surface area contributed by atoms with E-state index in [2.05, 4.69) is 40.5 Å². The van der Waals surface area contributed by atoms with Crippen molar-refractivity contribution in [2.45, 2.75) is 52.1 Å². The second kappa shape index (κ2) is 11.5. The van der Waals surface area contributed by atoms with Crippen molar-refractivity contribution in [1.82, 2.24) is 19.3 Å². The van der Waals surface area contributed by atoms with Gasteiger partial charge in [0.15, 0.2) is 11.6 Å². The molecule has 1 unspecified atom stereocenters. The SMILES string of the molecule is C[C@@H]1CN(c2ncccc2C(=O)NS(=O)(=O)N2CCC(CNCc3ccc(F)c(OC(F)(F)F)c3)C2)C(C)(C)C1. The molecular weight excluding hydrogens is 554 g/mol. The third kappa shape index (κ3) is 7.21. The lowest BCUT2D eigenvalue weighted by Gasteiger charge is -2.33. The van der Waals surface area contributed by atoms with Crippen molar-refractivity contribution >= 4 is 21.9 Å². The smallest absolute Gasteiger partial charge is 0.403 e. The molecule has 40 heavy (non-hydrogen) atoms. The first-order valence-corrected chi connectivity index (χ1v) is 14.4. The Hall–Kier alpha value is -2.97. The van der Waals surface area contributed by atoms with E-state index in [9.17, 15) is 30.8 Å². The van der Waals surface area contributed by atoms with E-state index in [-0.39, 0.29) is 36.7 Å². The number of nitrogens with one attached hydrogen (secondary N) is 2. The Labute approximate surface area is 231 Å². The third-order valence-electron chi connectivity index (χ3n) is 7.15. The molecule has 0 saturated carbocycles. The molecule has 2 N–H and O–H groups in total. The van der Waals surface area contributed by atoms with Crippen LogP contribution in [0.2, 0.25) is 0 Å². The summed E-state index contributed by atoms with van der Waals surface area (Å²) in [6, 6.07) is 6.35. The molecule has 4 rings (SSSR count). The van der Waals surface area contributed by atoms with Crippen molar-refractivity contribution in [1.29, 1.82) is 0 Å². The number of carbonyl (C=O) groups is 1. The summed E-state index contributed by atoms with van der Waals surface area (Å²) in [5.74, 6) is -2.06. The lowest BCUT2D eigenvalue weighted by molar-refractivity contribution is -0.275. The van der Waals surface area contributed by atoms with Gasteiger partial charge in [-0.3, -0.25) is 4.79 Å². The number of nitrogens with zero attached hydrogens (tertiary/aromatic N) is 3. The number of amides is 1. The van der Waals surface area contributed by atoms with E-state index in [0.717, 1.165) is 18.6 Å². The highest BCUT2D eigenvalue weighted by Gasteiger charge is 2.39. The normalized spacial score (nSPS) is 21.5. The van der Waals surface area contributed by atoms with Gasteiger partial charge in [0.05, 0.1) is 5.56 Å². The maximum atomic E-state index is 13.6. The molecule has 2 aliphatic rings. The number of ether oxygens (including phenoxy) is 1. The number of hydrogen-bond acceptors (Lipinski definition) is 7.